The quantitative estimate of drug-likeness (QED) is 0.717. The van der Waals surface area contributed by atoms with Crippen LogP contribution in [0.3, 0.4) is 0 Å². The third kappa shape index (κ3) is 3.75. The lowest BCUT2D eigenvalue weighted by molar-refractivity contribution is -0.236. The molecule has 1 saturated carbocycles. The van der Waals surface area contributed by atoms with Gasteiger partial charge in [-0.3, -0.25) is 0 Å². The van der Waals surface area contributed by atoms with Crippen molar-refractivity contribution >= 4 is 0 Å². The van der Waals surface area contributed by atoms with E-state index in [0.29, 0.717) is 37.0 Å². The first kappa shape index (κ1) is 19.9. The summed E-state index contributed by atoms with van der Waals surface area (Å²) in [5, 5.41) is 40.5. The molecule has 0 bridgehead atoms. The monoisotopic (exact) mass is 395 g/mol. The Morgan fingerprint density at radius 3 is 2.45 bits per heavy atom. The molecule has 6 nitrogen and oxygen atoms in total. The molecule has 4 atom stereocenters. The molecule has 1 heterocycles. The Labute approximate surface area is 169 Å². The summed E-state index contributed by atoms with van der Waals surface area (Å²) in [6.07, 6.45) is -2.47. The molecule has 2 aliphatic rings. The lowest BCUT2D eigenvalue weighted by Crippen LogP contribution is -2.55. The van der Waals surface area contributed by atoms with Crippen LogP contribution in [-0.4, -0.2) is 45.8 Å². The van der Waals surface area contributed by atoms with Gasteiger partial charge in [0.25, 0.3) is 0 Å². The Morgan fingerprint density at radius 2 is 1.83 bits per heavy atom. The molecule has 1 aliphatic carbocycles. The van der Waals surface area contributed by atoms with Crippen LogP contribution < -0.4 is 4.74 Å². The van der Waals surface area contributed by atoms with E-state index < -0.39 is 30.0 Å². The maximum atomic E-state index is 10.5. The van der Waals surface area contributed by atoms with Crippen LogP contribution in [0, 0.1) is 11.3 Å². The van der Waals surface area contributed by atoms with Crippen molar-refractivity contribution in [2.24, 2.45) is 0 Å². The molecule has 29 heavy (non-hydrogen) atoms. The SMILES string of the molecule is CCOc1ccc(Cc2cc([C@@H]3OC4(CC4)[C@@H](O)[C@H](O)[C@H]3O)ccc2C#N)cc1. The zero-order valence-electron chi connectivity index (χ0n) is 16.3. The first-order valence-corrected chi connectivity index (χ1v) is 9.94. The van der Waals surface area contributed by atoms with Crippen molar-refractivity contribution in [3.8, 4) is 11.8 Å². The molecule has 0 aromatic heterocycles. The summed E-state index contributed by atoms with van der Waals surface area (Å²) in [6.45, 7) is 2.54. The maximum Gasteiger partial charge on any atom is 0.119 e. The van der Waals surface area contributed by atoms with E-state index in [9.17, 15) is 20.6 Å². The topological polar surface area (TPSA) is 103 Å². The van der Waals surface area contributed by atoms with Gasteiger partial charge in [-0.2, -0.15) is 5.26 Å². The molecule has 1 spiro atoms. The van der Waals surface area contributed by atoms with Crippen molar-refractivity contribution in [3.63, 3.8) is 0 Å². The minimum Gasteiger partial charge on any atom is -0.494 e. The molecule has 0 amide bonds. The number of aliphatic hydroxyl groups excluding tert-OH is 3. The fourth-order valence-electron chi connectivity index (χ4n) is 4.01. The fraction of sp³-hybridized carbons (Fsp3) is 0.435. The highest BCUT2D eigenvalue weighted by Crippen LogP contribution is 2.51. The van der Waals surface area contributed by atoms with Crippen LogP contribution >= 0.6 is 0 Å². The molecule has 1 saturated heterocycles. The summed E-state index contributed by atoms with van der Waals surface area (Å²) in [6, 6.07) is 15.3. The highest BCUT2D eigenvalue weighted by Gasteiger charge is 2.60. The van der Waals surface area contributed by atoms with Crippen LogP contribution in [0.1, 0.15) is 48.1 Å². The molecule has 4 rings (SSSR count). The molecule has 152 valence electrons. The van der Waals surface area contributed by atoms with Crippen molar-refractivity contribution < 1.29 is 24.8 Å². The van der Waals surface area contributed by atoms with Crippen molar-refractivity contribution in [1.82, 2.24) is 0 Å². The fourth-order valence-corrected chi connectivity index (χ4v) is 4.01. The normalized spacial score (nSPS) is 27.4. The van der Waals surface area contributed by atoms with E-state index in [1.165, 1.54) is 0 Å². The summed E-state index contributed by atoms with van der Waals surface area (Å²) in [5.74, 6) is 0.798. The van der Waals surface area contributed by atoms with Crippen molar-refractivity contribution in [2.45, 2.75) is 56.2 Å². The number of hydrogen-bond donors (Lipinski definition) is 3. The summed E-state index contributed by atoms with van der Waals surface area (Å²) >= 11 is 0. The van der Waals surface area contributed by atoms with Crippen LogP contribution in [-0.2, 0) is 11.2 Å². The Balaban J connectivity index is 1.61. The molecular formula is C23H25NO5. The Morgan fingerprint density at radius 1 is 1.10 bits per heavy atom. The van der Waals surface area contributed by atoms with Crippen molar-refractivity contribution in [2.75, 3.05) is 6.61 Å². The third-order valence-corrected chi connectivity index (χ3v) is 5.83. The van der Waals surface area contributed by atoms with Gasteiger partial charge in [-0.05, 0) is 61.1 Å². The van der Waals surface area contributed by atoms with Gasteiger partial charge in [0.1, 0.15) is 30.2 Å². The van der Waals surface area contributed by atoms with Crippen molar-refractivity contribution in [1.29, 1.82) is 5.26 Å². The predicted molar refractivity (Wildman–Crippen MR) is 105 cm³/mol. The zero-order valence-corrected chi connectivity index (χ0v) is 16.3. The highest BCUT2D eigenvalue weighted by atomic mass is 16.6. The second kappa shape index (κ2) is 7.77. The lowest BCUT2D eigenvalue weighted by atomic mass is 9.88. The molecule has 0 unspecified atom stereocenters. The van der Waals surface area contributed by atoms with E-state index >= 15 is 0 Å². The van der Waals surface area contributed by atoms with Gasteiger partial charge < -0.3 is 24.8 Å². The molecule has 2 aromatic carbocycles. The third-order valence-electron chi connectivity index (χ3n) is 5.83. The smallest absolute Gasteiger partial charge is 0.119 e. The molecule has 1 aliphatic heterocycles. The molecular weight excluding hydrogens is 370 g/mol. The van der Waals surface area contributed by atoms with E-state index in [2.05, 4.69) is 6.07 Å². The number of nitriles is 1. The Hall–Kier alpha value is -2.43. The number of nitrogens with zero attached hydrogens (tertiary/aromatic N) is 1. The molecule has 6 heteroatoms. The van der Waals surface area contributed by atoms with E-state index in [-0.39, 0.29) is 0 Å². The van der Waals surface area contributed by atoms with Crippen LogP contribution in [0.5, 0.6) is 5.75 Å². The van der Waals surface area contributed by atoms with Gasteiger partial charge in [0.15, 0.2) is 0 Å². The Kier molecular flexibility index (Phi) is 5.32. The van der Waals surface area contributed by atoms with E-state index in [1.54, 1.807) is 12.1 Å². The van der Waals surface area contributed by atoms with Crippen LogP contribution in [0.15, 0.2) is 42.5 Å². The van der Waals surface area contributed by atoms with E-state index in [1.807, 2.05) is 37.3 Å². The van der Waals surface area contributed by atoms with Crippen LogP contribution in [0.2, 0.25) is 0 Å². The number of ether oxygens (including phenoxy) is 2. The molecule has 0 radical (unpaired) electrons. The van der Waals surface area contributed by atoms with Crippen molar-refractivity contribution in [3.05, 3.63) is 64.7 Å². The largest absolute Gasteiger partial charge is 0.494 e. The number of benzene rings is 2. The van der Waals surface area contributed by atoms with Gasteiger partial charge in [0.2, 0.25) is 0 Å². The number of hydrogen-bond acceptors (Lipinski definition) is 6. The second-order valence-corrected chi connectivity index (χ2v) is 7.81. The van der Waals surface area contributed by atoms with Gasteiger partial charge in [-0.1, -0.05) is 24.3 Å². The van der Waals surface area contributed by atoms with Gasteiger partial charge >= 0.3 is 0 Å². The predicted octanol–water partition coefficient (Wildman–Crippen LogP) is 2.23. The summed E-state index contributed by atoms with van der Waals surface area (Å²) < 4.78 is 11.5. The van der Waals surface area contributed by atoms with Gasteiger partial charge in [0.05, 0.1) is 23.8 Å². The van der Waals surface area contributed by atoms with E-state index in [4.69, 9.17) is 9.47 Å². The number of rotatable bonds is 5. The van der Waals surface area contributed by atoms with E-state index in [0.717, 1.165) is 16.9 Å². The summed E-state index contributed by atoms with van der Waals surface area (Å²) in [7, 11) is 0. The molecule has 3 N–H and O–H groups in total. The second-order valence-electron chi connectivity index (χ2n) is 7.81. The maximum absolute atomic E-state index is 10.5. The summed E-state index contributed by atoms with van der Waals surface area (Å²) in [5.41, 5.74) is 2.31. The minimum atomic E-state index is -1.26. The van der Waals surface area contributed by atoms with Crippen LogP contribution in [0.4, 0.5) is 0 Å². The minimum absolute atomic E-state index is 0.544. The summed E-state index contributed by atoms with van der Waals surface area (Å²) in [4.78, 5) is 0. The lowest BCUT2D eigenvalue weighted by Gasteiger charge is -2.41. The Bertz CT molecular complexity index is 916. The standard InChI is InChI=1S/C23H25NO5/c1-2-28-18-7-3-14(4-8-18)11-17-12-15(5-6-16(17)13-24)21-19(25)20(26)22(27)23(29-21)9-10-23/h3-8,12,19-22,25-27H,2,9-11H2,1H3/t19-,20-,21+,22+/m1/s1. The average molecular weight is 395 g/mol. The molecule has 2 fully saturated rings. The molecule has 2 aromatic rings. The average Bonchev–Trinajstić information content (AvgIpc) is 3.51. The van der Waals surface area contributed by atoms with Gasteiger partial charge in [-0.15, -0.1) is 0 Å². The highest BCUT2D eigenvalue weighted by molar-refractivity contribution is 5.44. The van der Waals surface area contributed by atoms with Crippen LogP contribution in [0.25, 0.3) is 0 Å². The van der Waals surface area contributed by atoms with Gasteiger partial charge in [-0.25, -0.2) is 0 Å². The van der Waals surface area contributed by atoms with Gasteiger partial charge in [0, 0.05) is 0 Å². The zero-order chi connectivity index (χ0) is 20.6. The first-order chi connectivity index (χ1) is 14.0. The number of aliphatic hydroxyl groups is 3. The first-order valence-electron chi connectivity index (χ1n) is 9.94.